The lowest BCUT2D eigenvalue weighted by Gasteiger charge is -2.13. The van der Waals surface area contributed by atoms with Crippen molar-refractivity contribution < 1.29 is 22.7 Å². The van der Waals surface area contributed by atoms with E-state index < -0.39 is 10.0 Å². The molecule has 8 heteroatoms. The number of methoxy groups -OCH3 is 2. The maximum Gasteiger partial charge on any atom is 0.261 e. The Morgan fingerprint density at radius 1 is 0.743 bits per heavy atom. The van der Waals surface area contributed by atoms with Crippen LogP contribution in [0.2, 0.25) is 0 Å². The Kier molecular flexibility index (Phi) is 7.03. The van der Waals surface area contributed by atoms with Gasteiger partial charge in [0.15, 0.2) is 0 Å². The van der Waals surface area contributed by atoms with Crippen molar-refractivity contribution >= 4 is 27.3 Å². The number of amides is 1. The molecule has 35 heavy (non-hydrogen) atoms. The Bertz CT molecular complexity index is 1420. The highest BCUT2D eigenvalue weighted by Gasteiger charge is 2.16. The third kappa shape index (κ3) is 5.62. The average Bonchev–Trinajstić information content (AvgIpc) is 2.89. The van der Waals surface area contributed by atoms with Gasteiger partial charge in [0.25, 0.3) is 15.9 Å². The monoisotopic (exact) mass is 488 g/mol. The molecule has 0 aliphatic carbocycles. The molecule has 4 aromatic carbocycles. The van der Waals surface area contributed by atoms with E-state index in [2.05, 4.69) is 10.0 Å². The number of anilines is 2. The first-order valence-electron chi connectivity index (χ1n) is 10.7. The number of ether oxygens (including phenoxy) is 2. The molecular weight excluding hydrogens is 464 g/mol. The molecule has 0 saturated heterocycles. The van der Waals surface area contributed by atoms with Gasteiger partial charge in [0.2, 0.25) is 0 Å². The van der Waals surface area contributed by atoms with Crippen LogP contribution in [0.4, 0.5) is 11.4 Å². The van der Waals surface area contributed by atoms with E-state index in [4.69, 9.17) is 9.47 Å². The number of hydrogen-bond donors (Lipinski definition) is 2. The van der Waals surface area contributed by atoms with Gasteiger partial charge in [0, 0.05) is 22.5 Å². The number of para-hydroxylation sites is 1. The molecule has 0 bridgehead atoms. The minimum Gasteiger partial charge on any atom is -0.497 e. The summed E-state index contributed by atoms with van der Waals surface area (Å²) in [5.41, 5.74) is 3.07. The van der Waals surface area contributed by atoms with Gasteiger partial charge in [-0.2, -0.15) is 0 Å². The largest absolute Gasteiger partial charge is 0.497 e. The number of hydrogen-bond acceptors (Lipinski definition) is 5. The molecule has 0 atom stereocenters. The van der Waals surface area contributed by atoms with Crippen LogP contribution >= 0.6 is 0 Å². The molecular formula is C27H24N2O5S. The molecule has 0 aromatic heterocycles. The molecule has 0 spiro atoms. The fourth-order valence-electron chi connectivity index (χ4n) is 3.49. The van der Waals surface area contributed by atoms with E-state index in [-0.39, 0.29) is 10.8 Å². The summed E-state index contributed by atoms with van der Waals surface area (Å²) in [5.74, 6) is 1.03. The molecule has 1 amide bonds. The van der Waals surface area contributed by atoms with E-state index in [0.717, 1.165) is 16.9 Å². The standard InChI is InChI=1S/C27H24N2O5S/c1-33-23-13-8-19(9-14-23)25-18-22(12-17-26(25)34-2)28-27(30)20-10-15-24(16-11-20)35(31,32)29-21-6-4-3-5-7-21/h3-18,29H,1-2H3,(H,28,30). The van der Waals surface area contributed by atoms with E-state index in [1.807, 2.05) is 30.3 Å². The van der Waals surface area contributed by atoms with E-state index in [1.54, 1.807) is 56.7 Å². The Balaban J connectivity index is 1.51. The van der Waals surface area contributed by atoms with Gasteiger partial charge in [-0.15, -0.1) is 0 Å². The van der Waals surface area contributed by atoms with Crippen LogP contribution in [0, 0.1) is 0 Å². The third-order valence-corrected chi connectivity index (χ3v) is 6.71. The third-order valence-electron chi connectivity index (χ3n) is 5.31. The van der Waals surface area contributed by atoms with Gasteiger partial charge in [0.1, 0.15) is 11.5 Å². The lowest BCUT2D eigenvalue weighted by molar-refractivity contribution is 0.102. The predicted molar refractivity (Wildman–Crippen MR) is 137 cm³/mol. The summed E-state index contributed by atoms with van der Waals surface area (Å²) in [6, 6.07) is 27.2. The number of rotatable bonds is 8. The van der Waals surface area contributed by atoms with Gasteiger partial charge in [-0.05, 0) is 72.3 Å². The zero-order valence-electron chi connectivity index (χ0n) is 19.2. The van der Waals surface area contributed by atoms with Crippen LogP contribution in [0.5, 0.6) is 11.5 Å². The van der Waals surface area contributed by atoms with Crippen molar-refractivity contribution in [1.29, 1.82) is 0 Å². The van der Waals surface area contributed by atoms with E-state index in [0.29, 0.717) is 22.7 Å². The zero-order valence-corrected chi connectivity index (χ0v) is 20.0. The SMILES string of the molecule is COc1ccc(-c2cc(NC(=O)c3ccc(S(=O)(=O)Nc4ccccc4)cc3)ccc2OC)cc1. The summed E-state index contributed by atoms with van der Waals surface area (Å²) in [7, 11) is -0.577. The second-order valence-electron chi connectivity index (χ2n) is 7.59. The zero-order chi connectivity index (χ0) is 24.8. The molecule has 4 aromatic rings. The second-order valence-corrected chi connectivity index (χ2v) is 9.28. The van der Waals surface area contributed by atoms with Crippen molar-refractivity contribution in [3.8, 4) is 22.6 Å². The molecule has 178 valence electrons. The topological polar surface area (TPSA) is 93.7 Å². The second kappa shape index (κ2) is 10.3. The van der Waals surface area contributed by atoms with Crippen LogP contribution < -0.4 is 19.5 Å². The molecule has 0 aliphatic rings. The summed E-state index contributed by atoms with van der Waals surface area (Å²) in [4.78, 5) is 12.9. The molecule has 0 fully saturated rings. The quantitative estimate of drug-likeness (QED) is 0.345. The molecule has 4 rings (SSSR count). The van der Waals surface area contributed by atoms with E-state index in [9.17, 15) is 13.2 Å². The fourth-order valence-corrected chi connectivity index (χ4v) is 4.55. The van der Waals surface area contributed by atoms with Gasteiger partial charge in [-0.3, -0.25) is 9.52 Å². The average molecular weight is 489 g/mol. The molecule has 0 aliphatic heterocycles. The van der Waals surface area contributed by atoms with Crippen molar-refractivity contribution in [3.63, 3.8) is 0 Å². The van der Waals surface area contributed by atoms with Crippen LogP contribution in [0.25, 0.3) is 11.1 Å². The lowest BCUT2D eigenvalue weighted by Crippen LogP contribution is -2.14. The summed E-state index contributed by atoms with van der Waals surface area (Å²) < 4.78 is 38.4. The summed E-state index contributed by atoms with van der Waals surface area (Å²) >= 11 is 0. The highest BCUT2D eigenvalue weighted by molar-refractivity contribution is 7.92. The first-order chi connectivity index (χ1) is 16.9. The Hall–Kier alpha value is -4.30. The van der Waals surface area contributed by atoms with Crippen molar-refractivity contribution in [3.05, 3.63) is 103 Å². The minimum atomic E-state index is -3.77. The number of nitrogens with one attached hydrogen (secondary N) is 2. The maximum atomic E-state index is 12.8. The van der Waals surface area contributed by atoms with Crippen molar-refractivity contribution in [2.45, 2.75) is 4.90 Å². The van der Waals surface area contributed by atoms with Crippen LogP contribution in [0.1, 0.15) is 10.4 Å². The summed E-state index contributed by atoms with van der Waals surface area (Å²) in [6.07, 6.45) is 0. The van der Waals surface area contributed by atoms with Crippen LogP contribution in [-0.4, -0.2) is 28.5 Å². The number of sulfonamides is 1. The van der Waals surface area contributed by atoms with Gasteiger partial charge in [-0.1, -0.05) is 30.3 Å². The van der Waals surface area contributed by atoms with Gasteiger partial charge < -0.3 is 14.8 Å². The number of carbonyl (C=O) groups excluding carboxylic acids is 1. The minimum absolute atomic E-state index is 0.0594. The molecule has 0 radical (unpaired) electrons. The van der Waals surface area contributed by atoms with Gasteiger partial charge in [0.05, 0.1) is 19.1 Å². The number of benzene rings is 4. The van der Waals surface area contributed by atoms with Crippen molar-refractivity contribution in [2.24, 2.45) is 0 Å². The normalized spacial score (nSPS) is 10.9. The molecule has 2 N–H and O–H groups in total. The van der Waals surface area contributed by atoms with E-state index in [1.165, 1.54) is 24.3 Å². The smallest absolute Gasteiger partial charge is 0.261 e. The Labute approximate surface area is 204 Å². The first kappa shape index (κ1) is 23.8. The molecule has 7 nitrogen and oxygen atoms in total. The predicted octanol–water partition coefficient (Wildman–Crippen LogP) is 5.42. The van der Waals surface area contributed by atoms with Crippen LogP contribution in [-0.2, 0) is 10.0 Å². The Morgan fingerprint density at radius 2 is 1.43 bits per heavy atom. The van der Waals surface area contributed by atoms with Gasteiger partial charge in [-0.25, -0.2) is 8.42 Å². The van der Waals surface area contributed by atoms with Crippen molar-refractivity contribution in [2.75, 3.05) is 24.3 Å². The highest BCUT2D eigenvalue weighted by Crippen LogP contribution is 2.33. The highest BCUT2D eigenvalue weighted by atomic mass is 32.2. The van der Waals surface area contributed by atoms with Crippen LogP contribution in [0.15, 0.2) is 102 Å². The lowest BCUT2D eigenvalue weighted by atomic mass is 10.0. The van der Waals surface area contributed by atoms with Crippen molar-refractivity contribution in [1.82, 2.24) is 0 Å². The Morgan fingerprint density at radius 3 is 2.06 bits per heavy atom. The van der Waals surface area contributed by atoms with E-state index >= 15 is 0 Å². The molecule has 0 heterocycles. The molecule has 0 saturated carbocycles. The number of carbonyl (C=O) groups is 1. The first-order valence-corrected chi connectivity index (χ1v) is 12.2. The molecule has 0 unspecified atom stereocenters. The fraction of sp³-hybridized carbons (Fsp3) is 0.0741. The summed E-state index contributed by atoms with van der Waals surface area (Å²) in [6.45, 7) is 0. The maximum absolute atomic E-state index is 12.8. The van der Waals surface area contributed by atoms with Crippen LogP contribution in [0.3, 0.4) is 0 Å². The van der Waals surface area contributed by atoms with Gasteiger partial charge >= 0.3 is 0 Å². The summed E-state index contributed by atoms with van der Waals surface area (Å²) in [5, 5.41) is 2.86.